The average Bonchev–Trinajstić information content (AvgIpc) is 2.38. The summed E-state index contributed by atoms with van der Waals surface area (Å²) >= 11 is 0. The molecule has 0 amide bonds. The van der Waals surface area contributed by atoms with Crippen LogP contribution in [-0.2, 0) is 12.8 Å². The van der Waals surface area contributed by atoms with Crippen LogP contribution in [0.5, 0.6) is 0 Å². The van der Waals surface area contributed by atoms with Crippen LogP contribution in [0.25, 0.3) is 0 Å². The Bertz CT molecular complexity index is 544. The molecule has 0 saturated heterocycles. The molecule has 6 N–H and O–H groups in total. The summed E-state index contributed by atoms with van der Waals surface area (Å²) < 4.78 is 0. The van der Waals surface area contributed by atoms with Crippen LogP contribution in [0.1, 0.15) is 23.6 Å². The summed E-state index contributed by atoms with van der Waals surface area (Å²) in [7, 11) is 0. The highest BCUT2D eigenvalue weighted by Crippen LogP contribution is 2.26. The Morgan fingerprint density at radius 2 is 1.33 bits per heavy atom. The molecule has 2 aromatic carbocycles. The van der Waals surface area contributed by atoms with Gasteiger partial charge >= 0.3 is 0 Å². The smallest absolute Gasteiger partial charge is 0.0586 e. The second-order valence-electron chi connectivity index (χ2n) is 4.48. The minimum Gasteiger partial charge on any atom is -0.399 e. The summed E-state index contributed by atoms with van der Waals surface area (Å²) in [6, 6.07) is 11.9. The van der Waals surface area contributed by atoms with E-state index in [1.807, 2.05) is 24.3 Å². The lowest BCUT2D eigenvalue weighted by Gasteiger charge is -2.12. The first-order valence-corrected chi connectivity index (χ1v) is 6.12. The van der Waals surface area contributed by atoms with E-state index in [0.717, 1.165) is 29.7 Å². The van der Waals surface area contributed by atoms with Gasteiger partial charge in [0.05, 0.1) is 11.4 Å². The zero-order valence-electron chi connectivity index (χ0n) is 10.6. The topological polar surface area (TPSA) is 78.1 Å². The van der Waals surface area contributed by atoms with Crippen LogP contribution in [0.4, 0.5) is 17.1 Å². The predicted molar refractivity (Wildman–Crippen MR) is 78.3 cm³/mol. The Kier molecular flexibility index (Phi) is 3.42. The molecule has 0 unspecified atom stereocenters. The molecule has 0 aromatic heterocycles. The third-order valence-electron chi connectivity index (χ3n) is 3.22. The maximum absolute atomic E-state index is 6.09. The van der Waals surface area contributed by atoms with Gasteiger partial charge in [0.25, 0.3) is 0 Å². The fourth-order valence-electron chi connectivity index (χ4n) is 2.04. The number of nitrogen functional groups attached to an aromatic ring is 3. The number of nitrogens with two attached hydrogens (primary N) is 3. The SMILES string of the molecule is CCc1ccc(Cc2ccc(N)cc2)c(N)c1N. The lowest BCUT2D eigenvalue weighted by atomic mass is 9.99. The number of benzene rings is 2. The van der Waals surface area contributed by atoms with Gasteiger partial charge in [0.1, 0.15) is 0 Å². The Hall–Kier alpha value is -2.16. The van der Waals surface area contributed by atoms with E-state index >= 15 is 0 Å². The summed E-state index contributed by atoms with van der Waals surface area (Å²) in [6.07, 6.45) is 1.68. The normalized spacial score (nSPS) is 10.5. The first kappa shape index (κ1) is 12.3. The van der Waals surface area contributed by atoms with Crippen molar-refractivity contribution in [3.05, 3.63) is 53.1 Å². The Labute approximate surface area is 108 Å². The zero-order valence-corrected chi connectivity index (χ0v) is 10.6. The lowest BCUT2D eigenvalue weighted by Crippen LogP contribution is -2.04. The van der Waals surface area contributed by atoms with E-state index < -0.39 is 0 Å². The van der Waals surface area contributed by atoms with Crippen LogP contribution >= 0.6 is 0 Å². The van der Waals surface area contributed by atoms with E-state index in [2.05, 4.69) is 19.1 Å². The third kappa shape index (κ3) is 2.40. The average molecular weight is 241 g/mol. The Balaban J connectivity index is 2.29. The summed E-state index contributed by atoms with van der Waals surface area (Å²) in [6.45, 7) is 2.07. The molecule has 0 aliphatic heterocycles. The van der Waals surface area contributed by atoms with E-state index in [-0.39, 0.29) is 0 Å². The van der Waals surface area contributed by atoms with E-state index in [1.54, 1.807) is 0 Å². The highest BCUT2D eigenvalue weighted by molar-refractivity contribution is 5.71. The van der Waals surface area contributed by atoms with Crippen molar-refractivity contribution < 1.29 is 0 Å². The predicted octanol–water partition coefficient (Wildman–Crippen LogP) is 2.59. The van der Waals surface area contributed by atoms with Gasteiger partial charge in [-0.2, -0.15) is 0 Å². The largest absolute Gasteiger partial charge is 0.399 e. The van der Waals surface area contributed by atoms with Gasteiger partial charge in [-0.05, 0) is 41.7 Å². The molecular weight excluding hydrogens is 222 g/mol. The molecule has 2 aromatic rings. The molecule has 3 heteroatoms. The van der Waals surface area contributed by atoms with Gasteiger partial charge < -0.3 is 17.2 Å². The van der Waals surface area contributed by atoms with Gasteiger partial charge in [0, 0.05) is 5.69 Å². The van der Waals surface area contributed by atoms with Crippen molar-refractivity contribution in [1.82, 2.24) is 0 Å². The highest BCUT2D eigenvalue weighted by atomic mass is 14.7. The zero-order chi connectivity index (χ0) is 13.1. The molecule has 2 rings (SSSR count). The van der Waals surface area contributed by atoms with Gasteiger partial charge in [-0.3, -0.25) is 0 Å². The van der Waals surface area contributed by atoms with Crippen LogP contribution in [0.2, 0.25) is 0 Å². The first-order chi connectivity index (χ1) is 8.61. The van der Waals surface area contributed by atoms with Crippen molar-refractivity contribution in [3.8, 4) is 0 Å². The molecule has 0 atom stereocenters. The van der Waals surface area contributed by atoms with Gasteiger partial charge in [-0.1, -0.05) is 31.2 Å². The summed E-state index contributed by atoms with van der Waals surface area (Å²) in [5.74, 6) is 0. The van der Waals surface area contributed by atoms with Crippen LogP contribution < -0.4 is 17.2 Å². The standard InChI is InChI=1S/C15H19N3/c1-2-11-5-6-12(15(18)14(11)17)9-10-3-7-13(16)8-4-10/h3-8H,2,9,16-18H2,1H3. The fraction of sp³-hybridized carbons (Fsp3) is 0.200. The molecule has 18 heavy (non-hydrogen) atoms. The van der Waals surface area contributed by atoms with Gasteiger partial charge in [0.2, 0.25) is 0 Å². The number of rotatable bonds is 3. The van der Waals surface area contributed by atoms with Gasteiger partial charge in [-0.15, -0.1) is 0 Å². The fourth-order valence-corrected chi connectivity index (χ4v) is 2.04. The van der Waals surface area contributed by atoms with Crippen LogP contribution in [0.15, 0.2) is 36.4 Å². The van der Waals surface area contributed by atoms with E-state index in [1.165, 1.54) is 5.56 Å². The minimum absolute atomic E-state index is 0.700. The number of hydrogen-bond acceptors (Lipinski definition) is 3. The van der Waals surface area contributed by atoms with E-state index in [0.29, 0.717) is 11.4 Å². The molecule has 0 fully saturated rings. The molecule has 0 aliphatic rings. The molecule has 0 aliphatic carbocycles. The Morgan fingerprint density at radius 1 is 0.778 bits per heavy atom. The molecule has 0 spiro atoms. The monoisotopic (exact) mass is 241 g/mol. The number of aryl methyl sites for hydroxylation is 1. The number of anilines is 3. The molecule has 0 saturated carbocycles. The van der Waals surface area contributed by atoms with E-state index in [9.17, 15) is 0 Å². The third-order valence-corrected chi connectivity index (χ3v) is 3.22. The summed E-state index contributed by atoms with van der Waals surface area (Å²) in [5.41, 5.74) is 23.3. The van der Waals surface area contributed by atoms with Crippen molar-refractivity contribution in [1.29, 1.82) is 0 Å². The first-order valence-electron chi connectivity index (χ1n) is 6.12. The van der Waals surface area contributed by atoms with Crippen molar-refractivity contribution in [2.45, 2.75) is 19.8 Å². The molecule has 0 radical (unpaired) electrons. The maximum atomic E-state index is 6.09. The Morgan fingerprint density at radius 3 is 1.94 bits per heavy atom. The molecule has 0 heterocycles. The highest BCUT2D eigenvalue weighted by Gasteiger charge is 2.07. The molecular formula is C15H19N3. The van der Waals surface area contributed by atoms with Crippen molar-refractivity contribution in [3.63, 3.8) is 0 Å². The summed E-state index contributed by atoms with van der Waals surface area (Å²) in [5, 5.41) is 0. The molecule has 0 bridgehead atoms. The minimum atomic E-state index is 0.700. The van der Waals surface area contributed by atoms with Gasteiger partial charge in [-0.25, -0.2) is 0 Å². The molecule has 3 nitrogen and oxygen atoms in total. The summed E-state index contributed by atoms with van der Waals surface area (Å²) in [4.78, 5) is 0. The van der Waals surface area contributed by atoms with Crippen molar-refractivity contribution in [2.75, 3.05) is 17.2 Å². The second-order valence-corrected chi connectivity index (χ2v) is 4.48. The lowest BCUT2D eigenvalue weighted by molar-refractivity contribution is 1.13. The quantitative estimate of drug-likeness (QED) is 0.723. The van der Waals surface area contributed by atoms with Crippen LogP contribution in [0.3, 0.4) is 0 Å². The second kappa shape index (κ2) is 5.00. The van der Waals surface area contributed by atoms with Crippen LogP contribution in [-0.4, -0.2) is 0 Å². The van der Waals surface area contributed by atoms with Crippen LogP contribution in [0, 0.1) is 0 Å². The number of hydrogen-bond donors (Lipinski definition) is 3. The van der Waals surface area contributed by atoms with Crippen molar-refractivity contribution >= 4 is 17.1 Å². The van der Waals surface area contributed by atoms with E-state index in [4.69, 9.17) is 17.2 Å². The van der Waals surface area contributed by atoms with Gasteiger partial charge in [0.15, 0.2) is 0 Å². The molecule has 94 valence electrons. The maximum Gasteiger partial charge on any atom is 0.0586 e. The van der Waals surface area contributed by atoms with Crippen molar-refractivity contribution in [2.24, 2.45) is 0 Å².